The van der Waals surface area contributed by atoms with E-state index in [0.29, 0.717) is 36.3 Å². The van der Waals surface area contributed by atoms with Crippen molar-refractivity contribution in [3.63, 3.8) is 0 Å². The molecule has 1 saturated carbocycles. The fraction of sp³-hybridized carbons (Fsp3) is 0.381. The second-order valence-corrected chi connectivity index (χ2v) is 6.50. The summed E-state index contributed by atoms with van der Waals surface area (Å²) in [5.41, 5.74) is 1.84. The zero-order valence-electron chi connectivity index (χ0n) is 16.0. The number of para-hydroxylation sites is 1. The van der Waals surface area contributed by atoms with E-state index in [0.717, 1.165) is 24.1 Å². The number of carbonyl (C=O) groups is 1. The summed E-state index contributed by atoms with van der Waals surface area (Å²) in [4.78, 5) is 14.6. The highest BCUT2D eigenvalue weighted by Gasteiger charge is 2.32. The molecule has 6 nitrogen and oxygen atoms in total. The van der Waals surface area contributed by atoms with E-state index < -0.39 is 0 Å². The first-order chi connectivity index (χ1) is 13.2. The molecular formula is C21H26N2O4. The summed E-state index contributed by atoms with van der Waals surface area (Å²) in [7, 11) is 4.79. The summed E-state index contributed by atoms with van der Waals surface area (Å²) >= 11 is 0. The highest BCUT2D eigenvalue weighted by atomic mass is 16.5. The fourth-order valence-corrected chi connectivity index (χ4v) is 3.08. The lowest BCUT2D eigenvalue weighted by Gasteiger charge is -2.23. The zero-order chi connectivity index (χ0) is 19.2. The van der Waals surface area contributed by atoms with E-state index in [-0.39, 0.29) is 6.03 Å². The Hall–Kier alpha value is -2.89. The minimum absolute atomic E-state index is 0.0591. The van der Waals surface area contributed by atoms with Crippen LogP contribution in [0.1, 0.15) is 18.4 Å². The third-order valence-corrected chi connectivity index (χ3v) is 4.64. The minimum Gasteiger partial charge on any atom is -0.493 e. The SMILES string of the molecule is COc1cc(CCN(C(=O)Nc2ccccc2)C2CC2)cc(OC)c1OC. The van der Waals surface area contributed by atoms with Crippen LogP contribution < -0.4 is 19.5 Å². The topological polar surface area (TPSA) is 60.0 Å². The first kappa shape index (κ1) is 18.9. The summed E-state index contributed by atoms with van der Waals surface area (Å²) in [6, 6.07) is 13.7. The molecule has 0 aliphatic heterocycles. The van der Waals surface area contributed by atoms with Gasteiger partial charge >= 0.3 is 6.03 Å². The van der Waals surface area contributed by atoms with Crippen LogP contribution in [-0.2, 0) is 6.42 Å². The molecule has 27 heavy (non-hydrogen) atoms. The number of carbonyl (C=O) groups excluding carboxylic acids is 1. The van der Waals surface area contributed by atoms with Crippen molar-refractivity contribution in [3.05, 3.63) is 48.0 Å². The van der Waals surface area contributed by atoms with Crippen molar-refractivity contribution < 1.29 is 19.0 Å². The van der Waals surface area contributed by atoms with Crippen LogP contribution in [-0.4, -0.2) is 44.8 Å². The van der Waals surface area contributed by atoms with Gasteiger partial charge in [0.1, 0.15) is 0 Å². The Bertz CT molecular complexity index is 750. The summed E-state index contributed by atoms with van der Waals surface area (Å²) in [6.07, 6.45) is 2.81. The van der Waals surface area contributed by atoms with Crippen molar-refractivity contribution in [2.75, 3.05) is 33.2 Å². The second-order valence-electron chi connectivity index (χ2n) is 6.50. The smallest absolute Gasteiger partial charge is 0.322 e. The average Bonchev–Trinajstić information content (AvgIpc) is 3.53. The number of nitrogens with zero attached hydrogens (tertiary/aromatic N) is 1. The van der Waals surface area contributed by atoms with Crippen LogP contribution in [0.15, 0.2) is 42.5 Å². The minimum atomic E-state index is -0.0591. The van der Waals surface area contributed by atoms with Gasteiger partial charge in [0.25, 0.3) is 0 Å². The van der Waals surface area contributed by atoms with Gasteiger partial charge in [-0.05, 0) is 49.1 Å². The van der Waals surface area contributed by atoms with E-state index in [4.69, 9.17) is 14.2 Å². The number of amides is 2. The van der Waals surface area contributed by atoms with Gasteiger partial charge in [-0.15, -0.1) is 0 Å². The summed E-state index contributed by atoms with van der Waals surface area (Å²) in [6.45, 7) is 0.627. The van der Waals surface area contributed by atoms with Crippen LogP contribution in [0.3, 0.4) is 0 Å². The molecule has 1 N–H and O–H groups in total. The number of nitrogens with one attached hydrogen (secondary N) is 1. The Morgan fingerprint density at radius 3 is 2.19 bits per heavy atom. The summed E-state index contributed by atoms with van der Waals surface area (Å²) < 4.78 is 16.2. The molecule has 0 saturated heterocycles. The number of rotatable bonds is 8. The molecule has 144 valence electrons. The lowest BCUT2D eigenvalue weighted by molar-refractivity contribution is 0.209. The van der Waals surface area contributed by atoms with Crippen LogP contribution in [0.2, 0.25) is 0 Å². The summed E-state index contributed by atoms with van der Waals surface area (Å²) in [5, 5.41) is 2.98. The Morgan fingerprint density at radius 1 is 1.04 bits per heavy atom. The Morgan fingerprint density at radius 2 is 1.67 bits per heavy atom. The van der Waals surface area contributed by atoms with Crippen molar-refractivity contribution in [2.24, 2.45) is 0 Å². The Balaban J connectivity index is 1.70. The molecule has 2 aromatic carbocycles. The molecule has 0 aromatic heterocycles. The molecule has 6 heteroatoms. The molecule has 1 fully saturated rings. The number of anilines is 1. The fourth-order valence-electron chi connectivity index (χ4n) is 3.08. The molecular weight excluding hydrogens is 344 g/mol. The van der Waals surface area contributed by atoms with Crippen molar-refractivity contribution >= 4 is 11.7 Å². The maximum atomic E-state index is 12.7. The number of hydrogen-bond donors (Lipinski definition) is 1. The Labute approximate surface area is 160 Å². The van der Waals surface area contributed by atoms with Gasteiger partial charge in [0.05, 0.1) is 21.3 Å². The quantitative estimate of drug-likeness (QED) is 0.764. The number of ether oxygens (including phenoxy) is 3. The molecule has 0 spiro atoms. The first-order valence-corrected chi connectivity index (χ1v) is 9.07. The predicted molar refractivity (Wildman–Crippen MR) is 105 cm³/mol. The van der Waals surface area contributed by atoms with E-state index in [1.165, 1.54) is 0 Å². The van der Waals surface area contributed by atoms with Gasteiger partial charge in [-0.25, -0.2) is 4.79 Å². The second kappa shape index (κ2) is 8.66. The highest BCUT2D eigenvalue weighted by Crippen LogP contribution is 2.38. The van der Waals surface area contributed by atoms with Gasteiger partial charge in [-0.3, -0.25) is 0 Å². The van der Waals surface area contributed by atoms with Gasteiger partial charge in [0, 0.05) is 18.3 Å². The lowest BCUT2D eigenvalue weighted by atomic mass is 10.1. The zero-order valence-corrected chi connectivity index (χ0v) is 16.0. The molecule has 0 unspecified atom stereocenters. The van der Waals surface area contributed by atoms with Crippen molar-refractivity contribution in [2.45, 2.75) is 25.3 Å². The van der Waals surface area contributed by atoms with Gasteiger partial charge in [0.15, 0.2) is 11.5 Å². The van der Waals surface area contributed by atoms with Crippen molar-refractivity contribution in [1.29, 1.82) is 0 Å². The molecule has 0 bridgehead atoms. The summed E-state index contributed by atoms with van der Waals surface area (Å²) in [5.74, 6) is 1.82. The van der Waals surface area contributed by atoms with E-state index in [1.807, 2.05) is 47.4 Å². The van der Waals surface area contributed by atoms with E-state index in [1.54, 1.807) is 21.3 Å². The van der Waals surface area contributed by atoms with Crippen LogP contribution in [0.25, 0.3) is 0 Å². The van der Waals surface area contributed by atoms with Crippen LogP contribution in [0, 0.1) is 0 Å². The van der Waals surface area contributed by atoms with E-state index in [2.05, 4.69) is 5.32 Å². The van der Waals surface area contributed by atoms with Crippen molar-refractivity contribution in [1.82, 2.24) is 4.90 Å². The largest absolute Gasteiger partial charge is 0.493 e. The number of benzene rings is 2. The average molecular weight is 370 g/mol. The highest BCUT2D eigenvalue weighted by molar-refractivity contribution is 5.89. The molecule has 2 aromatic rings. The molecule has 1 aliphatic carbocycles. The van der Waals surface area contributed by atoms with Gasteiger partial charge in [-0.1, -0.05) is 18.2 Å². The number of hydrogen-bond acceptors (Lipinski definition) is 4. The van der Waals surface area contributed by atoms with Crippen LogP contribution in [0.4, 0.5) is 10.5 Å². The maximum Gasteiger partial charge on any atom is 0.322 e. The standard InChI is InChI=1S/C21H26N2O4/c1-25-18-13-15(14-19(26-2)20(18)27-3)11-12-23(17-9-10-17)21(24)22-16-7-5-4-6-8-16/h4-8,13-14,17H,9-12H2,1-3H3,(H,22,24). The van der Waals surface area contributed by atoms with Gasteiger partial charge in [0.2, 0.25) is 5.75 Å². The third kappa shape index (κ3) is 4.64. The molecule has 0 atom stereocenters. The van der Waals surface area contributed by atoms with Crippen LogP contribution in [0.5, 0.6) is 17.2 Å². The number of urea groups is 1. The lowest BCUT2D eigenvalue weighted by Crippen LogP contribution is -2.38. The van der Waals surface area contributed by atoms with E-state index in [9.17, 15) is 4.79 Å². The van der Waals surface area contributed by atoms with Crippen LogP contribution >= 0.6 is 0 Å². The number of methoxy groups -OCH3 is 3. The third-order valence-electron chi connectivity index (χ3n) is 4.64. The Kier molecular flexibility index (Phi) is 6.06. The van der Waals surface area contributed by atoms with Gasteiger partial charge < -0.3 is 24.4 Å². The molecule has 0 radical (unpaired) electrons. The molecule has 0 heterocycles. The van der Waals surface area contributed by atoms with Crippen molar-refractivity contribution in [3.8, 4) is 17.2 Å². The normalized spacial score (nSPS) is 13.0. The van der Waals surface area contributed by atoms with Gasteiger partial charge in [-0.2, -0.15) is 0 Å². The maximum absolute atomic E-state index is 12.7. The van der Waals surface area contributed by atoms with E-state index >= 15 is 0 Å². The molecule has 3 rings (SSSR count). The monoisotopic (exact) mass is 370 g/mol. The molecule has 1 aliphatic rings. The predicted octanol–water partition coefficient (Wildman–Crippen LogP) is 3.95. The molecule has 2 amide bonds. The first-order valence-electron chi connectivity index (χ1n) is 9.07.